The first-order valence-electron chi connectivity index (χ1n) is 11.1. The number of esters is 2. The van der Waals surface area contributed by atoms with Crippen molar-refractivity contribution in [1.82, 2.24) is 0 Å². The van der Waals surface area contributed by atoms with E-state index in [-0.39, 0.29) is 0 Å². The number of hydrogen-bond donors (Lipinski definition) is 0. The fourth-order valence-corrected chi connectivity index (χ4v) is 4.51. The predicted molar refractivity (Wildman–Crippen MR) is 118 cm³/mol. The molecule has 0 bridgehead atoms. The molecule has 0 saturated heterocycles. The van der Waals surface area contributed by atoms with Crippen molar-refractivity contribution in [2.45, 2.75) is 65.2 Å². The lowest BCUT2D eigenvalue weighted by Crippen LogP contribution is -2.19. The fraction of sp³-hybridized carbons (Fsp3) is 0.462. The maximum Gasteiger partial charge on any atom is 0.343 e. The second-order valence-electron chi connectivity index (χ2n) is 8.45. The van der Waals surface area contributed by atoms with Crippen molar-refractivity contribution in [2.24, 2.45) is 11.8 Å². The summed E-state index contributed by atoms with van der Waals surface area (Å²) in [5, 5.41) is 0. The van der Waals surface area contributed by atoms with Gasteiger partial charge in [0.2, 0.25) is 0 Å². The van der Waals surface area contributed by atoms with Gasteiger partial charge >= 0.3 is 11.9 Å². The highest BCUT2D eigenvalue weighted by Gasteiger charge is 2.25. The maximum atomic E-state index is 12.4. The molecule has 2 aromatic carbocycles. The second kappa shape index (κ2) is 10.4. The molecule has 160 valence electrons. The van der Waals surface area contributed by atoms with Gasteiger partial charge in [-0.25, -0.2) is 4.79 Å². The van der Waals surface area contributed by atoms with Crippen LogP contribution < -0.4 is 9.47 Å². The van der Waals surface area contributed by atoms with Crippen molar-refractivity contribution in [3.05, 3.63) is 59.7 Å². The van der Waals surface area contributed by atoms with Crippen LogP contribution in [0.1, 0.15) is 81.1 Å². The summed E-state index contributed by atoms with van der Waals surface area (Å²) in [6.45, 7) is 6.01. The minimum absolute atomic E-state index is 0.394. The summed E-state index contributed by atoms with van der Waals surface area (Å²) in [4.78, 5) is 23.3. The van der Waals surface area contributed by atoms with E-state index in [0.29, 0.717) is 23.0 Å². The third kappa shape index (κ3) is 5.94. The van der Waals surface area contributed by atoms with Gasteiger partial charge in [0.15, 0.2) is 0 Å². The fourth-order valence-electron chi connectivity index (χ4n) is 4.51. The Morgan fingerprint density at radius 3 is 2.03 bits per heavy atom. The number of hydrogen-bond acceptors (Lipinski definition) is 4. The van der Waals surface area contributed by atoms with E-state index in [1.54, 1.807) is 24.3 Å². The molecule has 0 amide bonds. The van der Waals surface area contributed by atoms with Crippen LogP contribution in [0, 0.1) is 11.8 Å². The van der Waals surface area contributed by atoms with E-state index in [2.05, 4.69) is 26.0 Å². The minimum Gasteiger partial charge on any atom is -0.427 e. The Kier molecular flexibility index (Phi) is 7.67. The lowest BCUT2D eigenvalue weighted by Gasteiger charge is -2.32. The summed E-state index contributed by atoms with van der Waals surface area (Å²) in [5.74, 6) is 2.43. The summed E-state index contributed by atoms with van der Waals surface area (Å²) in [7, 11) is 0. The lowest BCUT2D eigenvalue weighted by molar-refractivity contribution is -0.131. The molecular weight excluding hydrogens is 376 g/mol. The van der Waals surface area contributed by atoms with Crippen molar-refractivity contribution in [3.8, 4) is 11.5 Å². The number of rotatable bonds is 7. The molecule has 0 aromatic heterocycles. The third-order valence-electron chi connectivity index (χ3n) is 6.23. The summed E-state index contributed by atoms with van der Waals surface area (Å²) < 4.78 is 10.5. The van der Waals surface area contributed by atoms with E-state index < -0.39 is 11.9 Å². The monoisotopic (exact) mass is 408 g/mol. The number of ether oxygens (including phenoxy) is 2. The molecule has 4 heteroatoms. The number of benzene rings is 2. The molecule has 30 heavy (non-hydrogen) atoms. The second-order valence-corrected chi connectivity index (χ2v) is 8.45. The maximum absolute atomic E-state index is 12.4. The van der Waals surface area contributed by atoms with Crippen LogP contribution in [0.4, 0.5) is 0 Å². The van der Waals surface area contributed by atoms with Gasteiger partial charge in [-0.05, 0) is 85.4 Å². The van der Waals surface area contributed by atoms with Gasteiger partial charge in [-0.3, -0.25) is 4.79 Å². The molecule has 1 atom stereocenters. The molecule has 0 radical (unpaired) electrons. The smallest absolute Gasteiger partial charge is 0.343 e. The summed E-state index contributed by atoms with van der Waals surface area (Å²) >= 11 is 0. The van der Waals surface area contributed by atoms with Gasteiger partial charge in [-0.15, -0.1) is 0 Å². The van der Waals surface area contributed by atoms with Gasteiger partial charge in [0.1, 0.15) is 11.5 Å². The van der Waals surface area contributed by atoms with Gasteiger partial charge in [-0.2, -0.15) is 0 Å². The quantitative estimate of drug-likeness (QED) is 0.385. The van der Waals surface area contributed by atoms with Gasteiger partial charge < -0.3 is 9.47 Å². The molecule has 3 rings (SSSR count). The molecule has 0 N–H and O–H groups in total. The molecule has 1 fully saturated rings. The van der Waals surface area contributed by atoms with Crippen molar-refractivity contribution in [1.29, 1.82) is 0 Å². The van der Waals surface area contributed by atoms with Crippen molar-refractivity contribution in [3.63, 3.8) is 0 Å². The van der Waals surface area contributed by atoms with Gasteiger partial charge in [-0.1, -0.05) is 38.8 Å². The molecular formula is C26H32O4. The van der Waals surface area contributed by atoms with E-state index in [9.17, 15) is 9.59 Å². The predicted octanol–water partition coefficient (Wildman–Crippen LogP) is 6.54. The van der Waals surface area contributed by atoms with Crippen molar-refractivity contribution < 1.29 is 19.1 Å². The summed E-state index contributed by atoms with van der Waals surface area (Å²) in [5.41, 5.74) is 1.75. The summed E-state index contributed by atoms with van der Waals surface area (Å²) in [6.07, 6.45) is 7.72. The lowest BCUT2D eigenvalue weighted by atomic mass is 9.73. The topological polar surface area (TPSA) is 52.6 Å². The van der Waals surface area contributed by atoms with Crippen molar-refractivity contribution >= 4 is 11.9 Å². The first kappa shape index (κ1) is 22.1. The average molecular weight is 409 g/mol. The highest BCUT2D eigenvalue weighted by Crippen LogP contribution is 2.40. The van der Waals surface area contributed by atoms with Crippen molar-refractivity contribution in [2.75, 3.05) is 0 Å². The molecule has 0 heterocycles. The summed E-state index contributed by atoms with van der Waals surface area (Å²) in [6, 6.07) is 14.3. The van der Waals surface area contributed by atoms with Crippen LogP contribution in [-0.4, -0.2) is 11.9 Å². The molecule has 2 aromatic rings. The first-order chi connectivity index (χ1) is 14.5. The van der Waals surface area contributed by atoms with Crippen LogP contribution in [0.15, 0.2) is 48.5 Å². The zero-order valence-corrected chi connectivity index (χ0v) is 18.2. The zero-order valence-electron chi connectivity index (χ0n) is 18.2. The number of carbonyl (C=O) groups excluding carboxylic acids is 2. The van der Waals surface area contributed by atoms with E-state index >= 15 is 0 Å². The standard InChI is InChI=1S/C26H32O4/c1-4-5-18(2)20-6-8-21(9-7-20)22-10-14-25(15-11-22)30-26(28)23-12-16-24(17-13-23)29-19(3)27/h10-18,20-21H,4-9H2,1-3H3. The van der Waals surface area contributed by atoms with Crippen LogP contribution in [-0.2, 0) is 4.79 Å². The molecule has 4 nitrogen and oxygen atoms in total. The Morgan fingerprint density at radius 1 is 0.900 bits per heavy atom. The van der Waals surface area contributed by atoms with E-state index in [1.807, 2.05) is 12.1 Å². The molecule has 1 saturated carbocycles. The molecule has 0 aliphatic heterocycles. The van der Waals surface area contributed by atoms with Crippen LogP contribution in [0.2, 0.25) is 0 Å². The Labute approximate surface area is 179 Å². The van der Waals surface area contributed by atoms with Crippen LogP contribution >= 0.6 is 0 Å². The molecule has 1 aliphatic carbocycles. The van der Waals surface area contributed by atoms with Crippen LogP contribution in [0.25, 0.3) is 0 Å². The normalized spacial score (nSPS) is 19.7. The highest BCUT2D eigenvalue weighted by atomic mass is 16.5. The third-order valence-corrected chi connectivity index (χ3v) is 6.23. The van der Waals surface area contributed by atoms with Gasteiger partial charge in [0.25, 0.3) is 0 Å². The van der Waals surface area contributed by atoms with Gasteiger partial charge in [0.05, 0.1) is 5.56 Å². The zero-order chi connectivity index (χ0) is 21.5. The Hall–Kier alpha value is -2.62. The number of carbonyl (C=O) groups is 2. The van der Waals surface area contributed by atoms with Crippen LogP contribution in [0.3, 0.4) is 0 Å². The minimum atomic E-state index is -0.428. The average Bonchev–Trinajstić information content (AvgIpc) is 2.75. The molecule has 0 spiro atoms. The first-order valence-corrected chi connectivity index (χ1v) is 11.1. The van der Waals surface area contributed by atoms with E-state index in [1.165, 1.54) is 51.0 Å². The van der Waals surface area contributed by atoms with E-state index in [0.717, 1.165) is 11.8 Å². The molecule has 1 unspecified atom stereocenters. The highest BCUT2D eigenvalue weighted by molar-refractivity contribution is 5.91. The van der Waals surface area contributed by atoms with Crippen LogP contribution in [0.5, 0.6) is 11.5 Å². The van der Waals surface area contributed by atoms with E-state index in [4.69, 9.17) is 9.47 Å². The Balaban J connectivity index is 1.53. The SMILES string of the molecule is CCCC(C)C1CCC(c2ccc(OC(=O)c3ccc(OC(C)=O)cc3)cc2)CC1. The Bertz CT molecular complexity index is 830. The van der Waals surface area contributed by atoms with Gasteiger partial charge in [0, 0.05) is 6.92 Å². The largest absolute Gasteiger partial charge is 0.427 e. The Morgan fingerprint density at radius 2 is 1.47 bits per heavy atom. The molecule has 1 aliphatic rings.